The van der Waals surface area contributed by atoms with Crippen LogP contribution < -0.4 is 22.1 Å². The van der Waals surface area contributed by atoms with Crippen molar-refractivity contribution in [2.75, 3.05) is 48.5 Å². The zero-order chi connectivity index (χ0) is 34.2. The predicted octanol–water partition coefficient (Wildman–Crippen LogP) is 1.56. The number of fused-ring (bicyclic) bond motifs is 2. The number of nitrogens with one attached hydrogen (secondary N) is 2. The van der Waals surface area contributed by atoms with Gasteiger partial charge in [0.25, 0.3) is 0 Å². The van der Waals surface area contributed by atoms with Crippen LogP contribution in [0.15, 0.2) is 43.0 Å². The molecule has 7 N–H and O–H groups in total. The number of anilines is 4. The van der Waals surface area contributed by atoms with Gasteiger partial charge in [-0.25, -0.2) is 14.8 Å². The van der Waals surface area contributed by atoms with E-state index in [9.17, 15) is 4.79 Å². The molecule has 0 amide bonds. The monoisotopic (exact) mass is 688 g/mol. The molecular formula is C31H36N12O7. The number of aliphatic hydroxyl groups excluding tert-OH is 1. The Bertz CT molecular complexity index is 1980. The van der Waals surface area contributed by atoms with Crippen LogP contribution in [0.5, 0.6) is 0 Å². The van der Waals surface area contributed by atoms with Gasteiger partial charge in [0.2, 0.25) is 11.9 Å². The second kappa shape index (κ2) is 13.6. The van der Waals surface area contributed by atoms with E-state index in [1.54, 1.807) is 46.1 Å². The Kier molecular flexibility index (Phi) is 8.71. The molecule has 50 heavy (non-hydrogen) atoms. The summed E-state index contributed by atoms with van der Waals surface area (Å²) in [6.07, 6.45) is 5.61. The molecule has 19 nitrogen and oxygen atoms in total. The minimum atomic E-state index is -0.673. The number of hydrogen-bond acceptors (Lipinski definition) is 17. The Hall–Kier alpha value is -5.21. The van der Waals surface area contributed by atoms with E-state index in [1.165, 1.54) is 0 Å². The molecule has 0 spiro atoms. The number of hydrogen-bond donors (Lipinski definition) is 5. The average Bonchev–Trinajstić information content (AvgIpc) is 3.85. The zero-order valence-corrected chi connectivity index (χ0v) is 26.8. The summed E-state index contributed by atoms with van der Waals surface area (Å²) in [7, 11) is 0. The molecule has 6 heterocycles. The van der Waals surface area contributed by atoms with E-state index >= 15 is 0 Å². The van der Waals surface area contributed by atoms with Crippen molar-refractivity contribution in [3.05, 3.63) is 48.5 Å². The third kappa shape index (κ3) is 6.94. The van der Waals surface area contributed by atoms with E-state index < -0.39 is 24.8 Å². The molecule has 4 atom stereocenters. The number of benzene rings is 1. The summed E-state index contributed by atoms with van der Waals surface area (Å²) in [4.78, 5) is 37.9. The van der Waals surface area contributed by atoms with Crippen LogP contribution in [-0.4, -0.2) is 101 Å². The number of nitrogen functional groups attached to an aromatic ring is 2. The Balaban J connectivity index is 0.000000152. The maximum absolute atomic E-state index is 12.1. The largest absolute Gasteiger partial charge is 0.457 e. The molecular weight excluding hydrogens is 652 g/mol. The molecule has 4 fully saturated rings. The molecule has 4 aliphatic rings. The number of rotatable bonds is 10. The Morgan fingerprint density at radius 1 is 0.800 bits per heavy atom. The molecule has 262 valence electrons. The molecule has 2 saturated carbocycles. The highest BCUT2D eigenvalue weighted by molar-refractivity contribution is 5.89. The topological polar surface area (TPSA) is 247 Å². The average molecular weight is 689 g/mol. The maximum Gasteiger partial charge on any atom is 0.338 e. The SMILES string of the molecule is Nc1nc(NC2CC2)c2ncn([C@H]3CO[C@@H](CO)O3)c2n1.Nc1nc(NC2CC2)c2ncn([C@H]3CO[C@@H](COC(=O)c4ccccc4)O3)c2n1. The van der Waals surface area contributed by atoms with Crippen LogP contribution in [0.3, 0.4) is 0 Å². The fourth-order valence-corrected chi connectivity index (χ4v) is 5.49. The highest BCUT2D eigenvalue weighted by atomic mass is 16.7. The van der Waals surface area contributed by atoms with Crippen molar-refractivity contribution in [3.8, 4) is 0 Å². The normalized spacial score (nSPS) is 23.1. The van der Waals surface area contributed by atoms with Crippen molar-refractivity contribution < 1.29 is 33.6 Å². The van der Waals surface area contributed by atoms with Gasteiger partial charge in [-0.3, -0.25) is 9.13 Å². The maximum atomic E-state index is 12.1. The molecule has 19 heteroatoms. The van der Waals surface area contributed by atoms with E-state index in [2.05, 4.69) is 40.5 Å². The smallest absolute Gasteiger partial charge is 0.338 e. The van der Waals surface area contributed by atoms with Crippen LogP contribution in [0.4, 0.5) is 23.5 Å². The van der Waals surface area contributed by atoms with Crippen LogP contribution in [0.1, 0.15) is 48.5 Å². The Morgan fingerprint density at radius 2 is 1.32 bits per heavy atom. The van der Waals surface area contributed by atoms with Crippen molar-refractivity contribution in [2.24, 2.45) is 0 Å². The first-order valence-electron chi connectivity index (χ1n) is 16.3. The van der Waals surface area contributed by atoms with Gasteiger partial charge >= 0.3 is 5.97 Å². The van der Waals surface area contributed by atoms with Crippen LogP contribution in [0, 0.1) is 0 Å². The first-order chi connectivity index (χ1) is 24.4. The lowest BCUT2D eigenvalue weighted by Crippen LogP contribution is -2.20. The third-order valence-corrected chi connectivity index (χ3v) is 8.31. The van der Waals surface area contributed by atoms with Crippen molar-refractivity contribution >= 4 is 51.8 Å². The van der Waals surface area contributed by atoms with Gasteiger partial charge in [0.15, 0.2) is 59.0 Å². The van der Waals surface area contributed by atoms with Gasteiger partial charge in [0.1, 0.15) is 6.61 Å². The van der Waals surface area contributed by atoms with E-state index in [0.29, 0.717) is 58.2 Å². The predicted molar refractivity (Wildman–Crippen MR) is 176 cm³/mol. The zero-order valence-electron chi connectivity index (χ0n) is 26.8. The highest BCUT2D eigenvalue weighted by Gasteiger charge is 2.32. The lowest BCUT2D eigenvalue weighted by Gasteiger charge is -2.13. The van der Waals surface area contributed by atoms with E-state index in [-0.39, 0.29) is 37.9 Å². The van der Waals surface area contributed by atoms with Gasteiger partial charge < -0.3 is 50.9 Å². The van der Waals surface area contributed by atoms with Crippen molar-refractivity contribution in [3.63, 3.8) is 0 Å². The molecule has 4 aromatic heterocycles. The van der Waals surface area contributed by atoms with Gasteiger partial charge in [0, 0.05) is 12.1 Å². The Labute approximate surface area is 284 Å². The summed E-state index contributed by atoms with van der Waals surface area (Å²) < 4.78 is 31.2. The second-order valence-electron chi connectivity index (χ2n) is 12.2. The van der Waals surface area contributed by atoms with Crippen molar-refractivity contribution in [2.45, 2.75) is 62.8 Å². The number of imidazole rings is 2. The van der Waals surface area contributed by atoms with E-state index in [4.69, 9.17) is 40.3 Å². The molecule has 9 rings (SSSR count). The summed E-state index contributed by atoms with van der Waals surface area (Å²) in [5.41, 5.74) is 14.6. The number of ether oxygens (including phenoxy) is 5. The number of carbonyl (C=O) groups is 1. The summed E-state index contributed by atoms with van der Waals surface area (Å²) in [6, 6.07) is 9.62. The number of carbonyl (C=O) groups excluding carboxylic acids is 1. The summed E-state index contributed by atoms with van der Waals surface area (Å²) in [5.74, 6) is 1.20. The van der Waals surface area contributed by atoms with Gasteiger partial charge in [-0.1, -0.05) is 18.2 Å². The third-order valence-electron chi connectivity index (χ3n) is 8.31. The minimum absolute atomic E-state index is 0.0114. The van der Waals surface area contributed by atoms with Gasteiger partial charge in [-0.15, -0.1) is 0 Å². The number of esters is 1. The fraction of sp³-hybridized carbons (Fsp3) is 0.452. The summed E-state index contributed by atoms with van der Waals surface area (Å²) in [5, 5.41) is 15.7. The van der Waals surface area contributed by atoms with Crippen molar-refractivity contribution in [1.82, 2.24) is 39.0 Å². The van der Waals surface area contributed by atoms with Gasteiger partial charge in [0.05, 0.1) is 38.0 Å². The second-order valence-corrected chi connectivity index (χ2v) is 12.2. The first-order valence-corrected chi connectivity index (χ1v) is 16.3. The van der Waals surface area contributed by atoms with Crippen LogP contribution in [0.2, 0.25) is 0 Å². The molecule has 2 aliphatic heterocycles. The number of aromatic nitrogens is 8. The Morgan fingerprint density at radius 3 is 1.82 bits per heavy atom. The molecule has 0 radical (unpaired) electrons. The van der Waals surface area contributed by atoms with Crippen LogP contribution >= 0.6 is 0 Å². The molecule has 0 unspecified atom stereocenters. The first kappa shape index (κ1) is 32.0. The van der Waals surface area contributed by atoms with E-state index in [1.807, 2.05) is 6.07 Å². The van der Waals surface area contributed by atoms with Crippen LogP contribution in [0.25, 0.3) is 22.3 Å². The summed E-state index contributed by atoms with van der Waals surface area (Å²) in [6.45, 7) is 0.400. The quantitative estimate of drug-likeness (QED) is 0.131. The van der Waals surface area contributed by atoms with Crippen LogP contribution in [-0.2, 0) is 23.7 Å². The van der Waals surface area contributed by atoms with E-state index in [0.717, 1.165) is 25.7 Å². The lowest BCUT2D eigenvalue weighted by atomic mass is 10.2. The number of nitrogens with zero attached hydrogens (tertiary/aromatic N) is 8. The number of nitrogens with two attached hydrogens (primary N) is 2. The molecule has 2 saturated heterocycles. The molecule has 0 bridgehead atoms. The number of aliphatic hydroxyl groups is 1. The molecule has 5 aromatic rings. The minimum Gasteiger partial charge on any atom is -0.457 e. The lowest BCUT2D eigenvalue weighted by molar-refractivity contribution is -0.102. The molecule has 2 aliphatic carbocycles. The highest BCUT2D eigenvalue weighted by Crippen LogP contribution is 2.32. The summed E-state index contributed by atoms with van der Waals surface area (Å²) >= 11 is 0. The van der Waals surface area contributed by atoms with Gasteiger partial charge in [-0.05, 0) is 37.8 Å². The standard InChI is InChI=1S/C19H20N6O4.C12H16N6O3/c20-19-23-16(22-12-6-7-12)15-17(24-19)25(10-21-15)13-8-27-14(29-13)9-28-18(26)11-4-2-1-3-5-11;13-12-16-10(15-6-1-2-6)9-11(17-12)18(5-14-9)7-4-20-8(3-19)21-7/h1-5,10,12-14H,6-9H2,(H3,20,22,23,24);5-8,19H,1-4H2,(H3,13,15,16,17)/t13-,14-;7-,8-/m11/s1. The fourth-order valence-electron chi connectivity index (χ4n) is 5.49. The van der Waals surface area contributed by atoms with Gasteiger partial charge in [-0.2, -0.15) is 19.9 Å². The molecule has 1 aromatic carbocycles. The van der Waals surface area contributed by atoms with Crippen molar-refractivity contribution in [1.29, 1.82) is 0 Å².